The van der Waals surface area contributed by atoms with Crippen LogP contribution < -0.4 is 10.2 Å². The Kier molecular flexibility index (Phi) is 4.50. The summed E-state index contributed by atoms with van der Waals surface area (Å²) in [7, 11) is 4.20. The Bertz CT molecular complexity index is 794. The van der Waals surface area contributed by atoms with E-state index in [1.807, 2.05) is 0 Å². The summed E-state index contributed by atoms with van der Waals surface area (Å²) < 4.78 is 0. The van der Waals surface area contributed by atoms with Crippen molar-refractivity contribution >= 4 is 5.69 Å². The lowest BCUT2D eigenvalue weighted by Gasteiger charge is -2.62. The maximum Gasteiger partial charge on any atom is 0.0361 e. The number of nitrogens with one attached hydrogen (secondary N) is 1. The Morgan fingerprint density at radius 1 is 0.893 bits per heavy atom. The highest BCUT2D eigenvalue weighted by atomic mass is 15.1. The van der Waals surface area contributed by atoms with Crippen molar-refractivity contribution in [2.75, 3.05) is 25.5 Å². The molecule has 1 N–H and O–H groups in total. The molecule has 2 heteroatoms. The zero-order chi connectivity index (χ0) is 19.2. The average Bonchev–Trinajstić information content (AvgIpc) is 2.68. The van der Waals surface area contributed by atoms with Crippen LogP contribution in [0.4, 0.5) is 5.69 Å². The molecule has 2 aromatic rings. The van der Waals surface area contributed by atoms with E-state index in [1.165, 1.54) is 56.3 Å². The van der Waals surface area contributed by atoms with Gasteiger partial charge in [0.15, 0.2) is 0 Å². The van der Waals surface area contributed by atoms with Gasteiger partial charge in [-0.1, -0.05) is 42.5 Å². The van der Waals surface area contributed by atoms with Crippen molar-refractivity contribution in [3.63, 3.8) is 0 Å². The fraction of sp³-hybridized carbons (Fsp3) is 0.538. The number of anilines is 1. The van der Waals surface area contributed by atoms with E-state index in [4.69, 9.17) is 0 Å². The van der Waals surface area contributed by atoms with Gasteiger partial charge >= 0.3 is 0 Å². The van der Waals surface area contributed by atoms with Crippen molar-refractivity contribution in [2.45, 2.75) is 50.5 Å². The normalized spacial score (nSPS) is 33.2. The Labute approximate surface area is 170 Å². The molecule has 0 aromatic heterocycles. The fourth-order valence-electron chi connectivity index (χ4n) is 7.17. The van der Waals surface area contributed by atoms with Gasteiger partial charge in [-0.15, -0.1) is 0 Å². The topological polar surface area (TPSA) is 15.3 Å². The van der Waals surface area contributed by atoms with Crippen LogP contribution in [0, 0.1) is 17.3 Å². The van der Waals surface area contributed by atoms with Crippen molar-refractivity contribution in [3.05, 3.63) is 65.7 Å². The zero-order valence-electron chi connectivity index (χ0n) is 17.5. The monoisotopic (exact) mass is 374 g/mol. The van der Waals surface area contributed by atoms with Crippen LogP contribution in [0.1, 0.15) is 49.7 Å². The molecule has 0 aliphatic heterocycles. The van der Waals surface area contributed by atoms with E-state index in [0.717, 1.165) is 18.4 Å². The molecule has 0 saturated heterocycles. The average molecular weight is 375 g/mol. The fourth-order valence-corrected chi connectivity index (χ4v) is 7.17. The van der Waals surface area contributed by atoms with Gasteiger partial charge < -0.3 is 10.2 Å². The van der Waals surface area contributed by atoms with E-state index in [-0.39, 0.29) is 0 Å². The molecule has 2 unspecified atom stereocenters. The van der Waals surface area contributed by atoms with Crippen molar-refractivity contribution in [3.8, 4) is 0 Å². The van der Waals surface area contributed by atoms with Crippen LogP contribution in [0.25, 0.3) is 0 Å². The summed E-state index contributed by atoms with van der Waals surface area (Å²) in [5, 5.41) is 3.86. The molecule has 2 nitrogen and oxygen atoms in total. The molecule has 2 aromatic carbocycles. The number of benzene rings is 2. The standard InChI is InChI=1S/C26H34N2/c1-28(2)24-10-8-20(9-11-24)17-27-19-25-13-21-12-22(14-25)16-26(15-21,18-25)23-6-4-3-5-7-23/h3-11,21-22,27H,12-19H2,1-2H3/t21-,22+,25?,26?. The third kappa shape index (κ3) is 3.26. The number of rotatable bonds is 6. The second kappa shape index (κ2) is 6.91. The van der Waals surface area contributed by atoms with Crippen LogP contribution in [-0.2, 0) is 12.0 Å². The van der Waals surface area contributed by atoms with Crippen molar-refractivity contribution < 1.29 is 0 Å². The lowest BCUT2D eigenvalue weighted by atomic mass is 9.43. The van der Waals surface area contributed by atoms with E-state index in [1.54, 1.807) is 5.56 Å². The van der Waals surface area contributed by atoms with E-state index in [2.05, 4.69) is 78.9 Å². The molecule has 4 bridgehead atoms. The third-order valence-electron chi connectivity index (χ3n) is 7.85. The largest absolute Gasteiger partial charge is 0.378 e. The van der Waals surface area contributed by atoms with Gasteiger partial charge in [0.25, 0.3) is 0 Å². The molecule has 4 saturated carbocycles. The van der Waals surface area contributed by atoms with Gasteiger partial charge in [-0.3, -0.25) is 0 Å². The molecule has 0 radical (unpaired) electrons. The van der Waals surface area contributed by atoms with Crippen molar-refractivity contribution in [2.24, 2.45) is 17.3 Å². The molecular weight excluding hydrogens is 340 g/mol. The minimum Gasteiger partial charge on any atom is -0.378 e. The van der Waals surface area contributed by atoms with E-state index < -0.39 is 0 Å². The highest BCUT2D eigenvalue weighted by molar-refractivity contribution is 5.46. The van der Waals surface area contributed by atoms with Gasteiger partial charge in [-0.25, -0.2) is 0 Å². The van der Waals surface area contributed by atoms with Crippen LogP contribution in [0.2, 0.25) is 0 Å². The summed E-state index contributed by atoms with van der Waals surface area (Å²) in [5.74, 6) is 1.89. The molecule has 4 fully saturated rings. The molecule has 0 amide bonds. The predicted octanol–water partition coefficient (Wildman–Crippen LogP) is 5.38. The minimum absolute atomic E-state index is 0.459. The smallest absolute Gasteiger partial charge is 0.0361 e. The van der Waals surface area contributed by atoms with Gasteiger partial charge in [0, 0.05) is 32.9 Å². The first-order valence-electron chi connectivity index (χ1n) is 11.1. The molecule has 0 spiro atoms. The third-order valence-corrected chi connectivity index (χ3v) is 7.85. The van der Waals surface area contributed by atoms with Gasteiger partial charge in [0.05, 0.1) is 0 Å². The molecular formula is C26H34N2. The van der Waals surface area contributed by atoms with Crippen LogP contribution >= 0.6 is 0 Å². The first-order chi connectivity index (χ1) is 13.6. The molecule has 28 heavy (non-hydrogen) atoms. The molecule has 148 valence electrons. The van der Waals surface area contributed by atoms with Crippen LogP contribution in [0.5, 0.6) is 0 Å². The predicted molar refractivity (Wildman–Crippen MR) is 118 cm³/mol. The number of nitrogens with zero attached hydrogens (tertiary/aromatic N) is 1. The van der Waals surface area contributed by atoms with Crippen LogP contribution in [0.15, 0.2) is 54.6 Å². The molecule has 6 rings (SSSR count). The Morgan fingerprint density at radius 2 is 1.57 bits per heavy atom. The Balaban J connectivity index is 1.29. The summed E-state index contributed by atoms with van der Waals surface area (Å²) in [4.78, 5) is 2.16. The summed E-state index contributed by atoms with van der Waals surface area (Å²) in [6.45, 7) is 2.17. The maximum absolute atomic E-state index is 3.86. The first kappa shape index (κ1) is 18.2. The zero-order valence-corrected chi connectivity index (χ0v) is 17.5. The minimum atomic E-state index is 0.459. The Hall–Kier alpha value is -1.80. The number of hydrogen-bond acceptors (Lipinski definition) is 2. The highest BCUT2D eigenvalue weighted by Crippen LogP contribution is 2.65. The lowest BCUT2D eigenvalue weighted by Crippen LogP contribution is -2.56. The van der Waals surface area contributed by atoms with E-state index in [0.29, 0.717) is 10.8 Å². The maximum atomic E-state index is 3.86. The lowest BCUT2D eigenvalue weighted by molar-refractivity contribution is -0.0708. The van der Waals surface area contributed by atoms with Gasteiger partial charge in [0.1, 0.15) is 0 Å². The van der Waals surface area contributed by atoms with Crippen molar-refractivity contribution in [1.29, 1.82) is 0 Å². The first-order valence-corrected chi connectivity index (χ1v) is 11.1. The summed E-state index contributed by atoms with van der Waals surface area (Å²) in [6, 6.07) is 20.5. The highest BCUT2D eigenvalue weighted by Gasteiger charge is 2.57. The van der Waals surface area contributed by atoms with Crippen molar-refractivity contribution in [1.82, 2.24) is 5.32 Å². The second-order valence-corrected chi connectivity index (χ2v) is 10.3. The Morgan fingerprint density at radius 3 is 2.21 bits per heavy atom. The summed E-state index contributed by atoms with van der Waals surface area (Å²) in [5.41, 5.74) is 5.26. The summed E-state index contributed by atoms with van der Waals surface area (Å²) in [6.07, 6.45) is 8.64. The number of hydrogen-bond donors (Lipinski definition) is 1. The quantitative estimate of drug-likeness (QED) is 0.730. The van der Waals surface area contributed by atoms with Gasteiger partial charge in [-0.2, -0.15) is 0 Å². The van der Waals surface area contributed by atoms with E-state index in [9.17, 15) is 0 Å². The molecule has 0 heterocycles. The van der Waals surface area contributed by atoms with Gasteiger partial charge in [-0.05, 0) is 84.5 Å². The van der Waals surface area contributed by atoms with Gasteiger partial charge in [0.2, 0.25) is 0 Å². The molecule has 4 aliphatic rings. The summed E-state index contributed by atoms with van der Waals surface area (Å²) >= 11 is 0. The SMILES string of the molecule is CN(C)c1ccc(CNCC23C[C@H]4C[C@@H](C2)CC(c2ccccc2)(C4)C3)cc1. The second-order valence-electron chi connectivity index (χ2n) is 10.3. The van der Waals surface area contributed by atoms with Crippen LogP contribution in [-0.4, -0.2) is 20.6 Å². The molecule has 4 atom stereocenters. The molecule has 4 aliphatic carbocycles. The van der Waals surface area contributed by atoms with E-state index >= 15 is 0 Å². The van der Waals surface area contributed by atoms with Crippen LogP contribution in [0.3, 0.4) is 0 Å².